The van der Waals surface area contributed by atoms with Crippen LogP contribution in [0.3, 0.4) is 0 Å². The summed E-state index contributed by atoms with van der Waals surface area (Å²) in [4.78, 5) is 17.1. The number of anilines is 1. The van der Waals surface area contributed by atoms with E-state index < -0.39 is 11.7 Å². The number of likely N-dealkylation sites (N-methyl/N-ethyl adjacent to an activating group) is 1. The fraction of sp³-hybridized carbons (Fsp3) is 0.565. The molecule has 10 heteroatoms. The van der Waals surface area contributed by atoms with Crippen molar-refractivity contribution in [2.24, 2.45) is 0 Å². The second-order valence-corrected chi connectivity index (χ2v) is 9.08. The summed E-state index contributed by atoms with van der Waals surface area (Å²) in [6, 6.07) is 3.63. The van der Waals surface area contributed by atoms with Crippen molar-refractivity contribution >= 4 is 16.7 Å². The first-order valence-corrected chi connectivity index (χ1v) is 11.1. The number of aromatic nitrogens is 5. The van der Waals surface area contributed by atoms with Gasteiger partial charge in [-0.2, -0.15) is 8.78 Å². The van der Waals surface area contributed by atoms with Crippen LogP contribution in [0.1, 0.15) is 37.5 Å². The fourth-order valence-corrected chi connectivity index (χ4v) is 4.39. The summed E-state index contributed by atoms with van der Waals surface area (Å²) in [6.45, 7) is 6.72. The Hall–Kier alpha value is -2.72. The van der Waals surface area contributed by atoms with Crippen LogP contribution in [0.25, 0.3) is 16.7 Å². The first kappa shape index (κ1) is 23.4. The molecule has 0 amide bonds. The van der Waals surface area contributed by atoms with E-state index in [2.05, 4.69) is 38.8 Å². The maximum Gasteiger partial charge on any atom is 0.303 e. The van der Waals surface area contributed by atoms with Crippen LogP contribution in [0.5, 0.6) is 0 Å². The minimum Gasteiger partial charge on any atom is -0.383 e. The van der Waals surface area contributed by atoms with Crippen LogP contribution in [0.15, 0.2) is 18.3 Å². The molecular formula is C23H31F2N7O. The Morgan fingerprint density at radius 2 is 2.00 bits per heavy atom. The van der Waals surface area contributed by atoms with Gasteiger partial charge in [0.05, 0.1) is 23.0 Å². The number of hydrogen-bond donors (Lipinski definition) is 0. The van der Waals surface area contributed by atoms with Gasteiger partial charge in [0, 0.05) is 50.8 Å². The molecule has 4 rings (SSSR count). The lowest BCUT2D eigenvalue weighted by Crippen LogP contribution is -2.50. The molecule has 0 radical (unpaired) electrons. The number of nitrogens with zero attached hydrogens (tertiary/aromatic N) is 7. The van der Waals surface area contributed by atoms with E-state index in [4.69, 9.17) is 9.84 Å². The first-order valence-electron chi connectivity index (χ1n) is 11.1. The number of pyridine rings is 1. The van der Waals surface area contributed by atoms with Gasteiger partial charge in [0.1, 0.15) is 0 Å². The van der Waals surface area contributed by atoms with Gasteiger partial charge in [0.15, 0.2) is 11.6 Å². The van der Waals surface area contributed by atoms with Gasteiger partial charge in [-0.3, -0.25) is 9.88 Å². The molecule has 8 nitrogen and oxygen atoms in total. The number of rotatable bonds is 7. The molecule has 0 spiro atoms. The van der Waals surface area contributed by atoms with Gasteiger partial charge in [-0.25, -0.2) is 14.6 Å². The van der Waals surface area contributed by atoms with Gasteiger partial charge < -0.3 is 9.64 Å². The molecule has 0 aromatic carbocycles. The lowest BCUT2D eigenvalue weighted by Gasteiger charge is -2.35. The Balaban J connectivity index is 1.86. The van der Waals surface area contributed by atoms with Crippen LogP contribution >= 0.6 is 0 Å². The summed E-state index contributed by atoms with van der Waals surface area (Å²) in [5, 5.41) is 5.73. The number of ether oxygens (including phenoxy) is 1. The topological polar surface area (TPSA) is 72.2 Å². The number of halogens is 2. The van der Waals surface area contributed by atoms with Crippen molar-refractivity contribution in [2.75, 3.05) is 45.8 Å². The van der Waals surface area contributed by atoms with Crippen LogP contribution in [0.2, 0.25) is 0 Å². The standard InChI is InChI=1S/C23H31F2N7O/c1-7-16-11-19(28-21(27-16)22(3,24)25)32-18-10-15(2)26-12-17(18)20(29-32)31-9-8-23(13-31,14-33-6)30(4)5/h10-12H,7-9,13-14H2,1-6H3. The molecule has 0 bridgehead atoms. The van der Waals surface area contributed by atoms with Crippen molar-refractivity contribution in [3.63, 3.8) is 0 Å². The normalized spacial score (nSPS) is 19.2. The molecule has 3 aromatic heterocycles. The molecule has 1 saturated heterocycles. The first-order chi connectivity index (χ1) is 15.6. The predicted octanol–water partition coefficient (Wildman–Crippen LogP) is 3.35. The molecule has 1 aliphatic heterocycles. The summed E-state index contributed by atoms with van der Waals surface area (Å²) >= 11 is 0. The van der Waals surface area contributed by atoms with E-state index in [1.165, 1.54) is 0 Å². The van der Waals surface area contributed by atoms with Gasteiger partial charge in [0.2, 0.25) is 5.82 Å². The zero-order valence-corrected chi connectivity index (χ0v) is 20.1. The number of methoxy groups -OCH3 is 1. The van der Waals surface area contributed by atoms with E-state index in [0.29, 0.717) is 24.5 Å². The van der Waals surface area contributed by atoms with Crippen LogP contribution < -0.4 is 4.90 Å². The number of aryl methyl sites for hydroxylation is 2. The maximum absolute atomic E-state index is 14.1. The molecule has 33 heavy (non-hydrogen) atoms. The minimum atomic E-state index is -3.15. The van der Waals surface area contributed by atoms with Gasteiger partial charge in [-0.05, 0) is 39.9 Å². The summed E-state index contributed by atoms with van der Waals surface area (Å²) < 4.78 is 35.4. The van der Waals surface area contributed by atoms with E-state index >= 15 is 0 Å². The second-order valence-electron chi connectivity index (χ2n) is 9.08. The maximum atomic E-state index is 14.1. The van der Waals surface area contributed by atoms with Crippen LogP contribution in [-0.4, -0.2) is 76.1 Å². The Kier molecular flexibility index (Phi) is 6.09. The Morgan fingerprint density at radius 1 is 1.24 bits per heavy atom. The summed E-state index contributed by atoms with van der Waals surface area (Å²) in [5.74, 6) is -2.56. The van der Waals surface area contributed by atoms with E-state index in [0.717, 1.165) is 48.8 Å². The third kappa shape index (κ3) is 4.29. The van der Waals surface area contributed by atoms with Crippen molar-refractivity contribution in [1.82, 2.24) is 29.6 Å². The summed E-state index contributed by atoms with van der Waals surface area (Å²) in [6.07, 6.45) is 3.23. The van der Waals surface area contributed by atoms with Crippen LogP contribution in [-0.2, 0) is 17.1 Å². The molecule has 1 aliphatic rings. The largest absolute Gasteiger partial charge is 0.383 e. The van der Waals surface area contributed by atoms with E-state index in [9.17, 15) is 8.78 Å². The third-order valence-electron chi connectivity index (χ3n) is 6.41. The molecule has 4 heterocycles. The van der Waals surface area contributed by atoms with Crippen molar-refractivity contribution < 1.29 is 13.5 Å². The Morgan fingerprint density at radius 3 is 2.64 bits per heavy atom. The highest BCUT2D eigenvalue weighted by atomic mass is 19.3. The van der Waals surface area contributed by atoms with Gasteiger partial charge in [0.25, 0.3) is 0 Å². The van der Waals surface area contributed by atoms with E-state index in [-0.39, 0.29) is 5.54 Å². The highest BCUT2D eigenvalue weighted by Crippen LogP contribution is 2.35. The number of fused-ring (bicyclic) bond motifs is 1. The molecule has 0 N–H and O–H groups in total. The average molecular weight is 460 g/mol. The van der Waals surface area contributed by atoms with Crippen molar-refractivity contribution in [1.29, 1.82) is 0 Å². The van der Waals surface area contributed by atoms with Crippen molar-refractivity contribution in [2.45, 2.75) is 45.1 Å². The number of hydrogen-bond acceptors (Lipinski definition) is 7. The van der Waals surface area contributed by atoms with E-state index in [1.54, 1.807) is 24.1 Å². The highest BCUT2D eigenvalue weighted by molar-refractivity contribution is 5.91. The number of alkyl halides is 2. The zero-order valence-electron chi connectivity index (χ0n) is 20.1. The Bertz CT molecular complexity index is 1160. The molecule has 178 valence electrons. The summed E-state index contributed by atoms with van der Waals surface area (Å²) in [7, 11) is 5.83. The van der Waals surface area contributed by atoms with Gasteiger partial charge >= 0.3 is 5.92 Å². The van der Waals surface area contributed by atoms with Gasteiger partial charge in [-0.1, -0.05) is 6.92 Å². The highest BCUT2D eigenvalue weighted by Gasteiger charge is 2.41. The lowest BCUT2D eigenvalue weighted by molar-refractivity contribution is 0.00742. The molecule has 1 fully saturated rings. The molecule has 3 aromatic rings. The van der Waals surface area contributed by atoms with E-state index in [1.807, 2.05) is 19.9 Å². The van der Waals surface area contributed by atoms with Crippen molar-refractivity contribution in [3.8, 4) is 5.82 Å². The lowest BCUT2D eigenvalue weighted by atomic mass is 9.98. The molecular weight excluding hydrogens is 428 g/mol. The summed E-state index contributed by atoms with van der Waals surface area (Å²) in [5.41, 5.74) is 1.99. The Labute approximate surface area is 192 Å². The zero-order chi connectivity index (χ0) is 24.0. The molecule has 0 saturated carbocycles. The molecule has 1 unspecified atom stereocenters. The van der Waals surface area contributed by atoms with Crippen molar-refractivity contribution in [3.05, 3.63) is 35.5 Å². The molecule has 0 aliphatic carbocycles. The van der Waals surface area contributed by atoms with Crippen LogP contribution in [0, 0.1) is 6.92 Å². The average Bonchev–Trinajstić information content (AvgIpc) is 3.35. The fourth-order valence-electron chi connectivity index (χ4n) is 4.39. The third-order valence-corrected chi connectivity index (χ3v) is 6.41. The van der Waals surface area contributed by atoms with Gasteiger partial charge in [-0.15, -0.1) is 5.10 Å². The monoisotopic (exact) mass is 459 g/mol. The predicted molar refractivity (Wildman–Crippen MR) is 123 cm³/mol. The SMILES string of the molecule is CCc1cc(-n2nc(N3CCC(COC)(N(C)C)C3)c3cnc(C)cc32)nc(C(C)(F)F)n1. The molecule has 1 atom stereocenters. The quantitative estimate of drug-likeness (QED) is 0.537. The second kappa shape index (κ2) is 8.57. The minimum absolute atomic E-state index is 0.134. The van der Waals surface area contributed by atoms with Crippen LogP contribution in [0.4, 0.5) is 14.6 Å². The smallest absolute Gasteiger partial charge is 0.303 e.